The number of ether oxygens (including phenoxy) is 1. The van der Waals surface area contributed by atoms with E-state index in [4.69, 9.17) is 14.0 Å². The van der Waals surface area contributed by atoms with E-state index in [0.29, 0.717) is 13.1 Å². The molecule has 0 N–H and O–H groups in total. The summed E-state index contributed by atoms with van der Waals surface area (Å²) >= 11 is 0. The molecule has 0 unspecified atom stereocenters. The largest absolute Gasteiger partial charge is 0.487 e. The van der Waals surface area contributed by atoms with Crippen LogP contribution in [0.15, 0.2) is 11.5 Å². The van der Waals surface area contributed by atoms with Gasteiger partial charge in [0, 0.05) is 13.1 Å². The van der Waals surface area contributed by atoms with Crippen LogP contribution in [0.3, 0.4) is 0 Å². The first kappa shape index (κ1) is 17.4. The van der Waals surface area contributed by atoms with E-state index in [1.54, 1.807) is 4.90 Å². The van der Waals surface area contributed by atoms with Crippen molar-refractivity contribution in [1.29, 1.82) is 0 Å². The van der Waals surface area contributed by atoms with Gasteiger partial charge in [-0.15, -0.1) is 0 Å². The molecule has 2 heterocycles. The number of hydrogen-bond donors (Lipinski definition) is 0. The van der Waals surface area contributed by atoms with E-state index in [-0.39, 0.29) is 24.4 Å². The quantitative estimate of drug-likeness (QED) is 0.698. The van der Waals surface area contributed by atoms with Crippen molar-refractivity contribution in [1.82, 2.24) is 4.90 Å². The topological polar surface area (TPSA) is 48.0 Å². The van der Waals surface area contributed by atoms with Gasteiger partial charge in [-0.1, -0.05) is 11.5 Å². The zero-order valence-electron chi connectivity index (χ0n) is 14.9. The van der Waals surface area contributed by atoms with Crippen molar-refractivity contribution < 1.29 is 18.8 Å². The molecule has 124 valence electrons. The molecular weight excluding hydrogens is 281 g/mol. The lowest BCUT2D eigenvalue weighted by molar-refractivity contribution is 0.00578. The fourth-order valence-corrected chi connectivity index (χ4v) is 2.45. The van der Waals surface area contributed by atoms with Crippen molar-refractivity contribution in [2.75, 3.05) is 13.1 Å². The van der Waals surface area contributed by atoms with Gasteiger partial charge in [0.25, 0.3) is 0 Å². The second-order valence-corrected chi connectivity index (χ2v) is 8.10. The Balaban J connectivity index is 1.95. The Labute approximate surface area is 134 Å². The molecule has 0 saturated carbocycles. The highest BCUT2D eigenvalue weighted by atomic mass is 16.7. The van der Waals surface area contributed by atoms with E-state index in [1.165, 1.54) is 0 Å². The third kappa shape index (κ3) is 3.85. The van der Waals surface area contributed by atoms with Gasteiger partial charge in [0.2, 0.25) is 0 Å². The summed E-state index contributed by atoms with van der Waals surface area (Å²) in [4.78, 5) is 13.8. The first-order valence-corrected chi connectivity index (χ1v) is 7.93. The van der Waals surface area contributed by atoms with Crippen LogP contribution < -0.4 is 0 Å². The fourth-order valence-electron chi connectivity index (χ4n) is 2.45. The molecule has 22 heavy (non-hydrogen) atoms. The molecule has 6 heteroatoms. The Morgan fingerprint density at radius 2 is 1.77 bits per heavy atom. The van der Waals surface area contributed by atoms with Gasteiger partial charge in [0.05, 0.1) is 11.2 Å². The summed E-state index contributed by atoms with van der Waals surface area (Å²) in [6, 6.07) is 0. The van der Waals surface area contributed by atoms with Crippen LogP contribution in [0.1, 0.15) is 54.9 Å². The maximum absolute atomic E-state index is 12.1. The van der Waals surface area contributed by atoms with Crippen LogP contribution in [0.4, 0.5) is 4.79 Å². The van der Waals surface area contributed by atoms with E-state index in [2.05, 4.69) is 0 Å². The van der Waals surface area contributed by atoms with E-state index >= 15 is 0 Å². The Kier molecular flexibility index (Phi) is 4.39. The van der Waals surface area contributed by atoms with E-state index in [0.717, 1.165) is 12.0 Å². The number of likely N-dealkylation sites (tertiary alicyclic amines) is 1. The SMILES string of the molecule is CC(C)(C)OC(=O)N1CCC(=CB2OC(C)(C)C(C)(C)O2)C1. The maximum atomic E-state index is 12.1. The molecule has 0 aromatic heterocycles. The van der Waals surface area contributed by atoms with E-state index < -0.39 is 5.60 Å². The highest BCUT2D eigenvalue weighted by molar-refractivity contribution is 6.51. The Bertz CT molecular complexity index is 463. The monoisotopic (exact) mass is 309 g/mol. The molecule has 2 fully saturated rings. The van der Waals surface area contributed by atoms with Crippen molar-refractivity contribution in [3.05, 3.63) is 11.5 Å². The average molecular weight is 309 g/mol. The van der Waals surface area contributed by atoms with Gasteiger partial charge in [-0.05, 0) is 54.9 Å². The van der Waals surface area contributed by atoms with Crippen LogP contribution in [0, 0.1) is 0 Å². The molecule has 0 bridgehead atoms. The lowest BCUT2D eigenvalue weighted by Crippen LogP contribution is -2.41. The molecule has 0 aliphatic carbocycles. The van der Waals surface area contributed by atoms with Crippen LogP contribution >= 0.6 is 0 Å². The number of amides is 1. The van der Waals surface area contributed by atoms with Crippen molar-refractivity contribution in [3.8, 4) is 0 Å². The predicted octanol–water partition coefficient (Wildman–Crippen LogP) is 3.19. The maximum Gasteiger partial charge on any atom is 0.487 e. The van der Waals surface area contributed by atoms with Crippen LogP contribution in [0.25, 0.3) is 0 Å². The molecule has 2 saturated heterocycles. The van der Waals surface area contributed by atoms with Crippen molar-refractivity contribution in [3.63, 3.8) is 0 Å². The number of carbonyl (C=O) groups is 1. The summed E-state index contributed by atoms with van der Waals surface area (Å²) in [5.74, 6) is 2.00. The van der Waals surface area contributed by atoms with E-state index in [9.17, 15) is 4.79 Å². The molecule has 0 atom stereocenters. The van der Waals surface area contributed by atoms with Gasteiger partial charge in [0.1, 0.15) is 5.60 Å². The van der Waals surface area contributed by atoms with Crippen LogP contribution in [0.2, 0.25) is 0 Å². The summed E-state index contributed by atoms with van der Waals surface area (Å²) in [7, 11) is -0.349. The van der Waals surface area contributed by atoms with Crippen molar-refractivity contribution in [2.24, 2.45) is 0 Å². The highest BCUT2D eigenvalue weighted by Gasteiger charge is 2.50. The molecule has 0 aromatic rings. The Morgan fingerprint density at radius 1 is 1.23 bits per heavy atom. The van der Waals surface area contributed by atoms with Crippen LogP contribution in [-0.4, -0.2) is 48.0 Å². The minimum absolute atomic E-state index is 0.259. The molecule has 1 amide bonds. The lowest BCUT2D eigenvalue weighted by atomic mass is 9.87. The summed E-state index contributed by atoms with van der Waals surface area (Å²) in [6.45, 7) is 15.0. The minimum Gasteiger partial charge on any atom is -0.444 e. The molecular formula is C16H28BNO4. The first-order chi connectivity index (χ1) is 9.90. The molecule has 0 radical (unpaired) electrons. The second-order valence-electron chi connectivity index (χ2n) is 8.10. The third-order valence-electron chi connectivity index (χ3n) is 4.39. The van der Waals surface area contributed by atoms with Gasteiger partial charge in [-0.2, -0.15) is 0 Å². The highest BCUT2D eigenvalue weighted by Crippen LogP contribution is 2.37. The van der Waals surface area contributed by atoms with Gasteiger partial charge in [-0.25, -0.2) is 4.79 Å². The number of nitrogens with zero attached hydrogens (tertiary/aromatic N) is 1. The lowest BCUT2D eigenvalue weighted by Gasteiger charge is -2.32. The van der Waals surface area contributed by atoms with Crippen molar-refractivity contribution >= 4 is 13.2 Å². The number of carbonyl (C=O) groups excluding carboxylic acids is 1. The van der Waals surface area contributed by atoms with Crippen LogP contribution in [0.5, 0.6) is 0 Å². The second kappa shape index (κ2) is 5.57. The summed E-state index contributed by atoms with van der Waals surface area (Å²) in [5, 5.41) is 0. The Morgan fingerprint density at radius 3 is 2.27 bits per heavy atom. The normalized spacial score (nSPS) is 25.9. The zero-order valence-corrected chi connectivity index (χ0v) is 14.9. The minimum atomic E-state index is -0.463. The van der Waals surface area contributed by atoms with Gasteiger partial charge in [-0.3, -0.25) is 0 Å². The summed E-state index contributed by atoms with van der Waals surface area (Å²) < 4.78 is 17.3. The predicted molar refractivity (Wildman–Crippen MR) is 86.6 cm³/mol. The molecule has 0 aromatic carbocycles. The third-order valence-corrected chi connectivity index (χ3v) is 4.39. The zero-order chi connectivity index (χ0) is 16.8. The summed E-state index contributed by atoms with van der Waals surface area (Å²) in [5.41, 5.74) is 0.0235. The average Bonchev–Trinajstić information content (AvgIpc) is 2.80. The first-order valence-electron chi connectivity index (χ1n) is 7.93. The standard InChI is InChI=1S/C16H28BNO4/c1-14(2,3)20-13(19)18-9-8-12(11-18)10-17-21-15(4,5)16(6,7)22-17/h10H,8-9,11H2,1-7H3. The van der Waals surface area contributed by atoms with Gasteiger partial charge < -0.3 is 18.9 Å². The Hall–Kier alpha value is -1.01. The van der Waals surface area contributed by atoms with Gasteiger partial charge in [0.15, 0.2) is 0 Å². The van der Waals surface area contributed by atoms with E-state index in [1.807, 2.05) is 54.4 Å². The number of rotatable bonds is 1. The van der Waals surface area contributed by atoms with Crippen molar-refractivity contribution in [2.45, 2.75) is 71.7 Å². The molecule has 2 aliphatic heterocycles. The molecule has 5 nitrogen and oxygen atoms in total. The molecule has 2 aliphatic rings. The smallest absolute Gasteiger partial charge is 0.444 e. The summed E-state index contributed by atoms with van der Waals surface area (Å²) in [6.07, 6.45) is 0.577. The number of hydrogen-bond acceptors (Lipinski definition) is 4. The van der Waals surface area contributed by atoms with Gasteiger partial charge >= 0.3 is 13.2 Å². The fraction of sp³-hybridized carbons (Fsp3) is 0.812. The van der Waals surface area contributed by atoms with Crippen LogP contribution in [-0.2, 0) is 14.0 Å². The molecule has 2 rings (SSSR count). The molecule has 0 spiro atoms.